The zero-order chi connectivity index (χ0) is 13.4. The summed E-state index contributed by atoms with van der Waals surface area (Å²) < 4.78 is 0. The van der Waals surface area contributed by atoms with Crippen LogP contribution in [0.5, 0.6) is 0 Å². The van der Waals surface area contributed by atoms with E-state index in [0.717, 1.165) is 12.2 Å². The van der Waals surface area contributed by atoms with Crippen molar-refractivity contribution < 1.29 is 9.59 Å². The van der Waals surface area contributed by atoms with Gasteiger partial charge in [-0.1, -0.05) is 56.0 Å². The predicted octanol–water partition coefficient (Wildman–Crippen LogP) is 3.77. The van der Waals surface area contributed by atoms with Gasteiger partial charge in [0.1, 0.15) is 0 Å². The number of rotatable bonds is 0. The maximum absolute atomic E-state index is 8.35. The minimum absolute atomic E-state index is 0. The van der Waals surface area contributed by atoms with Gasteiger partial charge in [-0.3, -0.25) is 0 Å². The Morgan fingerprint density at radius 1 is 0.632 bits per heavy atom. The topological polar surface area (TPSA) is 81.8 Å². The van der Waals surface area contributed by atoms with Crippen molar-refractivity contribution >= 4 is 12.2 Å². The van der Waals surface area contributed by atoms with Gasteiger partial charge in [-0.2, -0.15) is 0 Å². The standard InChI is InChI=1S/C12H8.2CHNO.CH4/c1-2-6-10-9(5-1)11-7-3-4-8-12(10)11;2*2-1-3;/h1-8H;2*2H;1H4. The summed E-state index contributed by atoms with van der Waals surface area (Å²) in [6.45, 7) is 0. The lowest BCUT2D eigenvalue weighted by molar-refractivity contribution is 0.562. The molecule has 0 radical (unpaired) electrons. The van der Waals surface area contributed by atoms with E-state index in [4.69, 9.17) is 20.4 Å². The molecule has 19 heavy (non-hydrogen) atoms. The minimum atomic E-state index is 0. The van der Waals surface area contributed by atoms with Gasteiger partial charge < -0.3 is 0 Å². The van der Waals surface area contributed by atoms with Crippen LogP contribution in [0.1, 0.15) is 7.43 Å². The Labute approximate surface area is 111 Å². The second-order valence-corrected chi connectivity index (χ2v) is 3.30. The molecule has 0 atom stereocenters. The summed E-state index contributed by atoms with van der Waals surface area (Å²) in [5, 5.41) is 10.8. The Bertz CT molecular complexity index is 497. The van der Waals surface area contributed by atoms with Crippen LogP contribution in [0.25, 0.3) is 22.3 Å². The molecular weight excluding hydrogens is 240 g/mol. The van der Waals surface area contributed by atoms with Gasteiger partial charge in [0.05, 0.1) is 0 Å². The van der Waals surface area contributed by atoms with Crippen molar-refractivity contribution in [1.82, 2.24) is 0 Å². The molecule has 0 aromatic heterocycles. The second-order valence-electron chi connectivity index (χ2n) is 3.30. The van der Waals surface area contributed by atoms with E-state index in [1.807, 2.05) is 0 Å². The Kier molecular flexibility index (Phi) is 7.09. The number of nitrogens with one attached hydrogen (secondary N) is 2. The highest BCUT2D eigenvalue weighted by molar-refractivity contribution is 6.02. The van der Waals surface area contributed by atoms with Crippen LogP contribution in [0.3, 0.4) is 0 Å². The van der Waals surface area contributed by atoms with E-state index < -0.39 is 0 Å². The van der Waals surface area contributed by atoms with Gasteiger partial charge in [0, 0.05) is 0 Å². The van der Waals surface area contributed by atoms with Gasteiger partial charge in [-0.05, 0) is 22.3 Å². The molecule has 1 aliphatic carbocycles. The first-order valence-corrected chi connectivity index (χ1v) is 5.06. The number of carbonyl (C=O) groups excluding carboxylic acids is 2. The van der Waals surface area contributed by atoms with Gasteiger partial charge in [0.2, 0.25) is 12.2 Å². The third-order valence-corrected chi connectivity index (χ3v) is 2.43. The monoisotopic (exact) mass is 254 g/mol. The highest BCUT2D eigenvalue weighted by Gasteiger charge is 2.19. The zero-order valence-corrected chi connectivity index (χ0v) is 9.44. The molecule has 2 aromatic rings. The summed E-state index contributed by atoms with van der Waals surface area (Å²) in [5.41, 5.74) is 5.59. The van der Waals surface area contributed by atoms with Crippen molar-refractivity contribution in [3.8, 4) is 22.3 Å². The summed E-state index contributed by atoms with van der Waals surface area (Å²) in [5.74, 6) is 0. The fraction of sp³-hybridized carbons (Fsp3) is 0.0667. The molecular formula is C15H14N2O2. The van der Waals surface area contributed by atoms with Crippen LogP contribution in [0.2, 0.25) is 0 Å². The number of hydrogen-bond acceptors (Lipinski definition) is 4. The van der Waals surface area contributed by atoms with Crippen LogP contribution in [0, 0.1) is 10.8 Å². The Hall–Kier alpha value is -2.80. The Morgan fingerprint density at radius 3 is 0.947 bits per heavy atom. The molecule has 0 amide bonds. The van der Waals surface area contributed by atoms with Crippen LogP contribution in [-0.2, 0) is 9.59 Å². The summed E-state index contributed by atoms with van der Waals surface area (Å²) >= 11 is 0. The number of fused-ring (bicyclic) bond motifs is 4. The number of isocyanates is 2. The molecule has 0 heterocycles. The summed E-state index contributed by atoms with van der Waals surface area (Å²) in [4.78, 5) is 16.7. The Balaban J connectivity index is 0.000000405. The van der Waals surface area contributed by atoms with Crippen molar-refractivity contribution in [3.05, 3.63) is 48.5 Å². The quantitative estimate of drug-likeness (QED) is 0.473. The third kappa shape index (κ3) is 3.58. The van der Waals surface area contributed by atoms with E-state index in [1.165, 1.54) is 22.3 Å². The average Bonchev–Trinajstić information content (AvgIpc) is 2.38. The zero-order valence-electron chi connectivity index (χ0n) is 9.44. The molecule has 2 aromatic carbocycles. The van der Waals surface area contributed by atoms with Crippen LogP contribution in [-0.4, -0.2) is 12.2 Å². The largest absolute Gasteiger partial charge is 0.231 e. The first kappa shape index (κ1) is 16.2. The SMILES string of the molecule is C.N=C=O.N=C=O.c1ccc2c(c1)-c1ccccc1-2. The van der Waals surface area contributed by atoms with Crippen molar-refractivity contribution in [3.63, 3.8) is 0 Å². The van der Waals surface area contributed by atoms with E-state index in [1.54, 1.807) is 0 Å². The predicted molar refractivity (Wildman–Crippen MR) is 74.4 cm³/mol. The molecule has 4 nitrogen and oxygen atoms in total. The normalized spacial score (nSPS) is 8.00. The maximum Gasteiger partial charge on any atom is 0.231 e. The van der Waals surface area contributed by atoms with Crippen molar-refractivity contribution in [2.24, 2.45) is 0 Å². The van der Waals surface area contributed by atoms with Crippen molar-refractivity contribution in [1.29, 1.82) is 10.8 Å². The average molecular weight is 254 g/mol. The third-order valence-electron chi connectivity index (χ3n) is 2.43. The number of hydrogen-bond donors (Lipinski definition) is 2. The molecule has 0 bridgehead atoms. The highest BCUT2D eigenvalue weighted by atomic mass is 16.1. The molecule has 96 valence electrons. The Morgan fingerprint density at radius 2 is 0.789 bits per heavy atom. The fourth-order valence-corrected chi connectivity index (χ4v) is 1.84. The molecule has 0 spiro atoms. The van der Waals surface area contributed by atoms with E-state index in [-0.39, 0.29) is 7.43 Å². The summed E-state index contributed by atoms with van der Waals surface area (Å²) in [6, 6.07) is 17.1. The van der Waals surface area contributed by atoms with Gasteiger partial charge >= 0.3 is 0 Å². The summed E-state index contributed by atoms with van der Waals surface area (Å²) in [6.07, 6.45) is 1.50. The molecule has 4 heteroatoms. The van der Waals surface area contributed by atoms with Crippen LogP contribution in [0.4, 0.5) is 0 Å². The first-order valence-electron chi connectivity index (χ1n) is 5.06. The lowest BCUT2D eigenvalue weighted by Crippen LogP contribution is -1.96. The van der Waals surface area contributed by atoms with Gasteiger partial charge in [-0.25, -0.2) is 20.4 Å². The molecule has 0 saturated carbocycles. The minimum Gasteiger partial charge on any atom is -0.222 e. The van der Waals surface area contributed by atoms with E-state index in [2.05, 4.69) is 48.5 Å². The molecule has 0 saturated heterocycles. The lowest BCUT2D eigenvalue weighted by atomic mass is 9.81. The van der Waals surface area contributed by atoms with Crippen molar-refractivity contribution in [2.45, 2.75) is 7.43 Å². The number of benzene rings is 2. The molecule has 0 aliphatic heterocycles. The molecule has 0 fully saturated rings. The van der Waals surface area contributed by atoms with Crippen LogP contribution < -0.4 is 0 Å². The summed E-state index contributed by atoms with van der Waals surface area (Å²) in [7, 11) is 0. The van der Waals surface area contributed by atoms with Gasteiger partial charge in [0.25, 0.3) is 0 Å². The van der Waals surface area contributed by atoms with Crippen molar-refractivity contribution in [2.75, 3.05) is 0 Å². The molecule has 0 unspecified atom stereocenters. The highest BCUT2D eigenvalue weighted by Crippen LogP contribution is 2.46. The smallest absolute Gasteiger partial charge is 0.222 e. The molecule has 1 aliphatic rings. The van der Waals surface area contributed by atoms with Crippen LogP contribution in [0.15, 0.2) is 48.5 Å². The lowest BCUT2D eigenvalue weighted by Gasteiger charge is -2.22. The van der Waals surface area contributed by atoms with Gasteiger partial charge in [0.15, 0.2) is 0 Å². The van der Waals surface area contributed by atoms with Gasteiger partial charge in [-0.15, -0.1) is 0 Å². The first-order chi connectivity index (χ1) is 8.79. The fourth-order valence-electron chi connectivity index (χ4n) is 1.84. The van der Waals surface area contributed by atoms with E-state index >= 15 is 0 Å². The van der Waals surface area contributed by atoms with E-state index in [0.29, 0.717) is 0 Å². The van der Waals surface area contributed by atoms with Crippen LogP contribution >= 0.6 is 0 Å². The molecule has 2 N–H and O–H groups in total. The molecule has 3 rings (SSSR count). The van der Waals surface area contributed by atoms with E-state index in [9.17, 15) is 0 Å². The second kappa shape index (κ2) is 8.31. The maximum atomic E-state index is 8.35.